The molecule has 0 fully saturated rings. The fourth-order valence-corrected chi connectivity index (χ4v) is 2.38. The molecule has 0 saturated heterocycles. The second-order valence-electron chi connectivity index (χ2n) is 4.28. The Morgan fingerprint density at radius 1 is 1.53 bits per heavy atom. The van der Waals surface area contributed by atoms with Crippen LogP contribution in [0.3, 0.4) is 0 Å². The molecule has 1 aromatic carbocycles. The Morgan fingerprint density at radius 3 is 3.00 bits per heavy atom. The van der Waals surface area contributed by atoms with Crippen molar-refractivity contribution in [2.75, 3.05) is 18.0 Å². The van der Waals surface area contributed by atoms with Crippen molar-refractivity contribution < 1.29 is 4.79 Å². The molecule has 2 N–H and O–H groups in total. The molecule has 17 heavy (non-hydrogen) atoms. The topological polar surface area (TPSA) is 46.3 Å². The lowest BCUT2D eigenvalue weighted by Crippen LogP contribution is -2.28. The maximum absolute atomic E-state index is 12.0. The van der Waals surface area contributed by atoms with Gasteiger partial charge < -0.3 is 10.6 Å². The van der Waals surface area contributed by atoms with Gasteiger partial charge in [-0.05, 0) is 37.6 Å². The number of benzene rings is 1. The number of allylic oxidation sites excluding steroid dienone is 1. The Balaban J connectivity index is 2.31. The number of fused-ring (bicyclic) bond motifs is 1. The molecule has 1 aliphatic heterocycles. The second kappa shape index (κ2) is 5.15. The Morgan fingerprint density at radius 2 is 2.29 bits per heavy atom. The predicted octanol–water partition coefficient (Wildman–Crippen LogP) is 2.04. The molecule has 90 valence electrons. The van der Waals surface area contributed by atoms with Gasteiger partial charge in [-0.1, -0.05) is 24.3 Å². The maximum Gasteiger partial charge on any atom is 0.250 e. The van der Waals surface area contributed by atoms with E-state index in [0.29, 0.717) is 12.5 Å². The lowest BCUT2D eigenvalue weighted by molar-refractivity contribution is -0.114. The summed E-state index contributed by atoms with van der Waals surface area (Å²) in [5.41, 5.74) is 7.91. The van der Waals surface area contributed by atoms with Gasteiger partial charge in [0.15, 0.2) is 0 Å². The fraction of sp³-hybridized carbons (Fsp3) is 0.357. The summed E-state index contributed by atoms with van der Waals surface area (Å²) < 4.78 is 0. The van der Waals surface area contributed by atoms with Gasteiger partial charge in [0, 0.05) is 18.2 Å². The van der Waals surface area contributed by atoms with Crippen molar-refractivity contribution in [3.05, 3.63) is 42.0 Å². The Kier molecular flexibility index (Phi) is 3.59. The molecule has 0 saturated carbocycles. The Hall–Kier alpha value is -1.61. The Labute approximate surface area is 102 Å². The number of hydrogen-bond acceptors (Lipinski definition) is 2. The largest absolute Gasteiger partial charge is 0.330 e. The van der Waals surface area contributed by atoms with Gasteiger partial charge in [0.1, 0.15) is 0 Å². The molecule has 3 heteroatoms. The molecular weight excluding hydrogens is 212 g/mol. The van der Waals surface area contributed by atoms with Crippen LogP contribution in [0, 0.1) is 0 Å². The molecule has 1 aliphatic rings. The van der Waals surface area contributed by atoms with E-state index in [0.717, 1.165) is 18.7 Å². The van der Waals surface area contributed by atoms with Gasteiger partial charge in [0.25, 0.3) is 5.91 Å². The minimum Gasteiger partial charge on any atom is -0.330 e. The van der Waals surface area contributed by atoms with Crippen LogP contribution in [0.15, 0.2) is 36.4 Å². The highest BCUT2D eigenvalue weighted by Crippen LogP contribution is 2.37. The van der Waals surface area contributed by atoms with Crippen molar-refractivity contribution in [2.24, 2.45) is 5.73 Å². The molecule has 0 spiro atoms. The fourth-order valence-electron chi connectivity index (χ4n) is 2.38. The molecule has 0 aromatic heterocycles. The zero-order chi connectivity index (χ0) is 12.3. The molecule has 3 nitrogen and oxygen atoms in total. The van der Waals surface area contributed by atoms with Crippen molar-refractivity contribution in [2.45, 2.75) is 19.3 Å². The Bertz CT molecular complexity index is 440. The number of rotatable bonds is 3. The average molecular weight is 230 g/mol. The van der Waals surface area contributed by atoms with Crippen LogP contribution < -0.4 is 10.6 Å². The summed E-state index contributed by atoms with van der Waals surface area (Å²) in [6.07, 6.45) is 4.32. The monoisotopic (exact) mass is 230 g/mol. The van der Waals surface area contributed by atoms with Gasteiger partial charge in [-0.3, -0.25) is 4.79 Å². The first kappa shape index (κ1) is 11.9. The molecule has 1 aromatic rings. The third kappa shape index (κ3) is 2.24. The van der Waals surface area contributed by atoms with Crippen LogP contribution in [0.5, 0.6) is 0 Å². The highest BCUT2D eigenvalue weighted by Gasteiger charge is 2.30. The van der Waals surface area contributed by atoms with Crippen molar-refractivity contribution in [3.63, 3.8) is 0 Å². The van der Waals surface area contributed by atoms with Gasteiger partial charge in [0.2, 0.25) is 0 Å². The highest BCUT2D eigenvalue weighted by atomic mass is 16.2. The summed E-state index contributed by atoms with van der Waals surface area (Å²) in [6, 6.07) is 8.09. The number of anilines is 1. The smallest absolute Gasteiger partial charge is 0.250 e. The van der Waals surface area contributed by atoms with E-state index in [9.17, 15) is 4.79 Å². The van der Waals surface area contributed by atoms with Gasteiger partial charge in [-0.2, -0.15) is 0 Å². The first-order valence-electron chi connectivity index (χ1n) is 6.01. The zero-order valence-corrected chi connectivity index (χ0v) is 10.1. The third-order valence-corrected chi connectivity index (χ3v) is 3.16. The van der Waals surface area contributed by atoms with Crippen molar-refractivity contribution in [3.8, 4) is 0 Å². The average Bonchev–Trinajstić information content (AvgIpc) is 2.70. The molecular formula is C14H18N2O. The molecule has 1 amide bonds. The van der Waals surface area contributed by atoms with Crippen LogP contribution in [-0.2, 0) is 4.79 Å². The van der Waals surface area contributed by atoms with E-state index in [4.69, 9.17) is 5.73 Å². The quantitative estimate of drug-likeness (QED) is 0.808. The van der Waals surface area contributed by atoms with Crippen LogP contribution in [0.1, 0.15) is 24.8 Å². The van der Waals surface area contributed by atoms with Gasteiger partial charge in [0.05, 0.1) is 0 Å². The van der Waals surface area contributed by atoms with E-state index in [-0.39, 0.29) is 5.91 Å². The minimum atomic E-state index is 0.0551. The van der Waals surface area contributed by atoms with Crippen molar-refractivity contribution in [1.29, 1.82) is 0 Å². The number of hydrogen-bond donors (Lipinski definition) is 1. The van der Waals surface area contributed by atoms with E-state index in [2.05, 4.69) is 6.07 Å². The summed E-state index contributed by atoms with van der Waals surface area (Å²) in [4.78, 5) is 13.8. The third-order valence-electron chi connectivity index (χ3n) is 3.16. The normalized spacial score (nSPS) is 18.7. The van der Waals surface area contributed by atoms with E-state index < -0.39 is 0 Å². The number of para-hydroxylation sites is 1. The van der Waals surface area contributed by atoms with Crippen LogP contribution in [0.25, 0.3) is 0 Å². The first-order valence-corrected chi connectivity index (χ1v) is 6.01. The van der Waals surface area contributed by atoms with Crippen LogP contribution in [0.4, 0.5) is 5.69 Å². The molecule has 2 rings (SSSR count). The van der Waals surface area contributed by atoms with Crippen LogP contribution in [0.2, 0.25) is 0 Å². The number of amides is 1. The summed E-state index contributed by atoms with van der Waals surface area (Å²) in [5.74, 6) is 0.435. The lowest BCUT2D eigenvalue weighted by atomic mass is 9.98. The number of carbonyl (C=O) groups is 1. The molecule has 1 atom stereocenters. The van der Waals surface area contributed by atoms with Crippen LogP contribution >= 0.6 is 0 Å². The van der Waals surface area contributed by atoms with E-state index in [1.165, 1.54) is 5.56 Å². The zero-order valence-electron chi connectivity index (χ0n) is 10.1. The number of nitrogens with zero attached hydrogens (tertiary/aromatic N) is 1. The summed E-state index contributed by atoms with van der Waals surface area (Å²) in [5, 5.41) is 0. The standard InChI is InChI=1S/C14H18N2O/c1-2-5-14(17)16-10-11(8-9-15)12-6-3-4-7-13(12)16/h2-7,11H,8-10,15H2,1H3. The molecule has 0 aliphatic carbocycles. The molecule has 0 bridgehead atoms. The van der Waals surface area contributed by atoms with Gasteiger partial charge >= 0.3 is 0 Å². The minimum absolute atomic E-state index is 0.0551. The lowest BCUT2D eigenvalue weighted by Gasteiger charge is -2.15. The molecule has 0 radical (unpaired) electrons. The summed E-state index contributed by atoms with van der Waals surface area (Å²) in [6.45, 7) is 3.27. The van der Waals surface area contributed by atoms with Gasteiger partial charge in [-0.15, -0.1) is 0 Å². The predicted molar refractivity (Wildman–Crippen MR) is 70.0 cm³/mol. The van der Waals surface area contributed by atoms with E-state index in [1.807, 2.05) is 30.0 Å². The van der Waals surface area contributed by atoms with Crippen molar-refractivity contribution >= 4 is 11.6 Å². The van der Waals surface area contributed by atoms with Crippen molar-refractivity contribution in [1.82, 2.24) is 0 Å². The first-order chi connectivity index (χ1) is 8.27. The number of nitrogens with two attached hydrogens (primary N) is 1. The second-order valence-corrected chi connectivity index (χ2v) is 4.28. The van der Waals surface area contributed by atoms with E-state index in [1.54, 1.807) is 12.2 Å². The summed E-state index contributed by atoms with van der Waals surface area (Å²) >= 11 is 0. The molecule has 1 heterocycles. The number of carbonyl (C=O) groups excluding carboxylic acids is 1. The highest BCUT2D eigenvalue weighted by molar-refractivity contribution is 6.03. The van der Waals surface area contributed by atoms with E-state index >= 15 is 0 Å². The maximum atomic E-state index is 12.0. The molecule has 1 unspecified atom stereocenters. The van der Waals surface area contributed by atoms with Crippen LogP contribution in [-0.4, -0.2) is 19.0 Å². The SMILES string of the molecule is CC=CC(=O)N1CC(CCN)c2ccccc21. The summed E-state index contributed by atoms with van der Waals surface area (Å²) in [7, 11) is 0. The van der Waals surface area contributed by atoms with Gasteiger partial charge in [-0.25, -0.2) is 0 Å².